The molecule has 0 amide bonds. The van der Waals surface area contributed by atoms with Crippen molar-refractivity contribution in [1.82, 2.24) is 15.0 Å². The number of aryl methyl sites for hydroxylation is 3. The molecule has 0 saturated carbocycles. The summed E-state index contributed by atoms with van der Waals surface area (Å²) in [6.07, 6.45) is 0. The van der Waals surface area contributed by atoms with Crippen LogP contribution in [0.1, 0.15) is 22.3 Å². The van der Waals surface area contributed by atoms with E-state index in [-0.39, 0.29) is 0 Å². The highest BCUT2D eigenvalue weighted by Crippen LogP contribution is 2.42. The topological polar surface area (TPSA) is 94.5 Å². The lowest BCUT2D eigenvalue weighted by molar-refractivity contribution is 0.324. The lowest BCUT2D eigenvalue weighted by atomic mass is 10.0. The van der Waals surface area contributed by atoms with E-state index in [0.717, 1.165) is 22.6 Å². The van der Waals surface area contributed by atoms with Crippen molar-refractivity contribution in [3.63, 3.8) is 0 Å². The van der Waals surface area contributed by atoms with Crippen LogP contribution in [0.25, 0.3) is 0 Å². The summed E-state index contributed by atoms with van der Waals surface area (Å²) in [5.74, 6) is 4.13. The molecule has 0 radical (unpaired) electrons. The van der Waals surface area contributed by atoms with Crippen LogP contribution in [0, 0.1) is 27.7 Å². The summed E-state index contributed by atoms with van der Waals surface area (Å²) in [6.45, 7) is 8.31. The molecule has 0 atom stereocenters. The molecule has 44 heavy (non-hydrogen) atoms. The Bertz CT molecular complexity index is 1610. The highest BCUT2D eigenvalue weighted by atomic mass is 16.5. The van der Waals surface area contributed by atoms with Gasteiger partial charge in [-0.1, -0.05) is 0 Å². The molecule has 3 aromatic carbocycles. The van der Waals surface area contributed by atoms with Crippen molar-refractivity contribution in [2.75, 3.05) is 71.4 Å². The highest BCUT2D eigenvalue weighted by molar-refractivity contribution is 5.71. The van der Waals surface area contributed by atoms with E-state index in [1.165, 1.54) is 16.7 Å². The molecule has 234 valence electrons. The van der Waals surface area contributed by atoms with Gasteiger partial charge in [0.25, 0.3) is 0 Å². The number of anilines is 6. The lowest BCUT2D eigenvalue weighted by Crippen LogP contribution is -2.22. The first-order chi connectivity index (χ1) is 21.0. The Morgan fingerprint density at radius 3 is 1.11 bits per heavy atom. The van der Waals surface area contributed by atoms with E-state index in [0.29, 0.717) is 46.6 Å². The fourth-order valence-electron chi connectivity index (χ4n) is 4.94. The molecule has 0 saturated heterocycles. The van der Waals surface area contributed by atoms with E-state index < -0.39 is 0 Å². The second-order valence-corrected chi connectivity index (χ2v) is 10.5. The SMILES string of the molecule is COc1cc(N(C)c2nc(N(C)c3cc(C)c(C)c(C)c3)nc(N(C)c3cc(OC)c(OC)c(OC)c3)n2)cc(C)c1OC. The van der Waals surface area contributed by atoms with E-state index >= 15 is 0 Å². The molecule has 1 heterocycles. The summed E-state index contributed by atoms with van der Waals surface area (Å²) < 4.78 is 27.9. The number of hydrogen-bond acceptors (Lipinski definition) is 11. The van der Waals surface area contributed by atoms with Crippen LogP contribution in [-0.2, 0) is 0 Å². The molecule has 0 fully saturated rings. The molecule has 4 rings (SSSR count). The fraction of sp³-hybridized carbons (Fsp3) is 0.364. The number of nitrogens with zero attached hydrogens (tertiary/aromatic N) is 6. The Morgan fingerprint density at radius 1 is 0.432 bits per heavy atom. The van der Waals surface area contributed by atoms with Crippen LogP contribution in [0.2, 0.25) is 0 Å². The first-order valence-corrected chi connectivity index (χ1v) is 14.1. The standard InChI is InChI=1S/C33H42N6O5/c1-19-13-23(14-20(2)22(19)4)37(5)31-34-32(38(6)24-15-21(3)29(43-11)26(16-24)40-8)36-33(35-31)39(7)25-17-27(41-9)30(44-12)28(18-25)42-10/h13-18H,1-12H3. The van der Waals surface area contributed by atoms with Gasteiger partial charge in [-0.2, -0.15) is 15.0 Å². The number of benzene rings is 3. The lowest BCUT2D eigenvalue weighted by Gasteiger charge is -2.26. The predicted molar refractivity (Wildman–Crippen MR) is 175 cm³/mol. The van der Waals surface area contributed by atoms with Gasteiger partial charge in [0.05, 0.1) is 41.2 Å². The van der Waals surface area contributed by atoms with Crippen LogP contribution in [0.4, 0.5) is 34.9 Å². The van der Waals surface area contributed by atoms with Crippen LogP contribution < -0.4 is 38.4 Å². The molecule has 0 N–H and O–H groups in total. The number of hydrogen-bond donors (Lipinski definition) is 0. The Kier molecular flexibility index (Phi) is 9.56. The molecule has 0 aliphatic heterocycles. The predicted octanol–water partition coefficient (Wildman–Crippen LogP) is 6.45. The zero-order valence-electron chi connectivity index (χ0n) is 27.7. The zero-order valence-corrected chi connectivity index (χ0v) is 27.7. The van der Waals surface area contributed by atoms with Gasteiger partial charge in [0.15, 0.2) is 23.0 Å². The molecule has 0 aliphatic rings. The summed E-state index contributed by atoms with van der Waals surface area (Å²) in [4.78, 5) is 20.5. The largest absolute Gasteiger partial charge is 0.493 e. The van der Waals surface area contributed by atoms with Crippen LogP contribution in [0.15, 0.2) is 36.4 Å². The van der Waals surface area contributed by atoms with Gasteiger partial charge in [-0.25, -0.2) is 0 Å². The maximum atomic E-state index is 5.62. The van der Waals surface area contributed by atoms with Crippen LogP contribution in [0.5, 0.6) is 28.7 Å². The maximum absolute atomic E-state index is 5.62. The average Bonchev–Trinajstić information content (AvgIpc) is 3.04. The highest BCUT2D eigenvalue weighted by Gasteiger charge is 2.22. The van der Waals surface area contributed by atoms with Crippen molar-refractivity contribution in [3.05, 3.63) is 58.7 Å². The normalized spacial score (nSPS) is 10.7. The van der Waals surface area contributed by atoms with Gasteiger partial charge < -0.3 is 38.4 Å². The smallest absolute Gasteiger partial charge is 0.236 e. The van der Waals surface area contributed by atoms with Crippen molar-refractivity contribution < 1.29 is 23.7 Å². The van der Waals surface area contributed by atoms with E-state index in [2.05, 4.69) is 32.9 Å². The van der Waals surface area contributed by atoms with Gasteiger partial charge in [-0.3, -0.25) is 0 Å². The molecule has 11 heteroatoms. The zero-order chi connectivity index (χ0) is 32.3. The summed E-state index contributed by atoms with van der Waals surface area (Å²) in [5, 5.41) is 0. The third-order valence-electron chi connectivity index (χ3n) is 7.87. The molecule has 0 aliphatic carbocycles. The van der Waals surface area contributed by atoms with Crippen molar-refractivity contribution in [2.45, 2.75) is 27.7 Å². The van der Waals surface area contributed by atoms with E-state index in [4.69, 9.17) is 38.6 Å². The van der Waals surface area contributed by atoms with Crippen LogP contribution in [-0.4, -0.2) is 71.6 Å². The Balaban J connectivity index is 1.90. The Morgan fingerprint density at radius 2 is 0.750 bits per heavy atom. The van der Waals surface area contributed by atoms with Gasteiger partial charge in [0.1, 0.15) is 0 Å². The van der Waals surface area contributed by atoms with Gasteiger partial charge in [-0.15, -0.1) is 0 Å². The minimum absolute atomic E-state index is 0.413. The molecular weight excluding hydrogens is 560 g/mol. The summed E-state index contributed by atoms with van der Waals surface area (Å²) in [5.41, 5.74) is 7.07. The van der Waals surface area contributed by atoms with Gasteiger partial charge in [0, 0.05) is 50.7 Å². The molecule has 0 spiro atoms. The van der Waals surface area contributed by atoms with E-state index in [9.17, 15) is 0 Å². The van der Waals surface area contributed by atoms with E-state index in [1.54, 1.807) is 35.5 Å². The third kappa shape index (κ3) is 6.08. The van der Waals surface area contributed by atoms with Crippen LogP contribution in [0.3, 0.4) is 0 Å². The quantitative estimate of drug-likeness (QED) is 0.189. The maximum Gasteiger partial charge on any atom is 0.236 e. The average molecular weight is 603 g/mol. The van der Waals surface area contributed by atoms with Crippen molar-refractivity contribution in [1.29, 1.82) is 0 Å². The first kappa shape index (κ1) is 32.0. The number of ether oxygens (including phenoxy) is 5. The molecule has 0 unspecified atom stereocenters. The number of aromatic nitrogens is 3. The second kappa shape index (κ2) is 13.2. The fourth-order valence-corrected chi connectivity index (χ4v) is 4.94. The molecule has 0 bridgehead atoms. The van der Waals surface area contributed by atoms with Gasteiger partial charge in [0.2, 0.25) is 23.6 Å². The van der Waals surface area contributed by atoms with Crippen molar-refractivity contribution in [2.24, 2.45) is 0 Å². The first-order valence-electron chi connectivity index (χ1n) is 14.1. The number of methoxy groups -OCH3 is 5. The van der Waals surface area contributed by atoms with E-state index in [1.807, 2.05) is 67.0 Å². The van der Waals surface area contributed by atoms with Crippen molar-refractivity contribution >= 4 is 34.9 Å². The Labute approximate surface area is 259 Å². The third-order valence-corrected chi connectivity index (χ3v) is 7.87. The molecule has 1 aromatic heterocycles. The molecular formula is C33H42N6O5. The summed E-state index contributed by atoms with van der Waals surface area (Å²) in [6, 6.07) is 11.9. The molecule has 4 aromatic rings. The monoisotopic (exact) mass is 602 g/mol. The molecule has 11 nitrogen and oxygen atoms in total. The van der Waals surface area contributed by atoms with Crippen molar-refractivity contribution in [3.8, 4) is 28.7 Å². The second-order valence-electron chi connectivity index (χ2n) is 10.5. The summed E-state index contributed by atoms with van der Waals surface area (Å²) in [7, 11) is 13.7. The minimum atomic E-state index is 0.413. The summed E-state index contributed by atoms with van der Waals surface area (Å²) >= 11 is 0. The van der Waals surface area contributed by atoms with Gasteiger partial charge in [-0.05, 0) is 68.1 Å². The van der Waals surface area contributed by atoms with Crippen LogP contribution >= 0.6 is 0 Å². The minimum Gasteiger partial charge on any atom is -0.493 e. The number of rotatable bonds is 11. The van der Waals surface area contributed by atoms with Gasteiger partial charge >= 0.3 is 0 Å². The Hall–Kier alpha value is -4.93.